The molecule has 1 aromatic carbocycles. The van der Waals surface area contributed by atoms with Crippen LogP contribution >= 0.6 is 23.1 Å². The number of anilines is 1. The summed E-state index contributed by atoms with van der Waals surface area (Å²) in [5, 5.41) is 4.81. The minimum atomic E-state index is -2.92. The van der Waals surface area contributed by atoms with Crippen LogP contribution in [0.15, 0.2) is 54.2 Å². The third-order valence-electron chi connectivity index (χ3n) is 3.35. The van der Waals surface area contributed by atoms with Gasteiger partial charge in [0.05, 0.1) is 11.4 Å². The quantitative estimate of drug-likeness (QED) is 0.587. The van der Waals surface area contributed by atoms with Crippen molar-refractivity contribution in [3.63, 3.8) is 0 Å². The van der Waals surface area contributed by atoms with Crippen LogP contribution in [0.3, 0.4) is 0 Å². The summed E-state index contributed by atoms with van der Waals surface area (Å²) in [6.07, 6.45) is 3.46. The van der Waals surface area contributed by atoms with E-state index in [9.17, 15) is 13.6 Å². The lowest BCUT2D eigenvalue weighted by Crippen LogP contribution is -2.14. The van der Waals surface area contributed by atoms with Gasteiger partial charge in [-0.2, -0.15) is 8.78 Å². The fraction of sp³-hybridized carbons (Fsp3) is 0.167. The fourth-order valence-electron chi connectivity index (χ4n) is 2.23. The van der Waals surface area contributed by atoms with Crippen molar-refractivity contribution >= 4 is 34.1 Å². The molecule has 9 heteroatoms. The maximum atomic E-state index is 12.5. The number of halogens is 2. The Morgan fingerprint density at radius 1 is 1.26 bits per heavy atom. The molecule has 0 atom stereocenters. The van der Waals surface area contributed by atoms with Crippen LogP contribution in [0.1, 0.15) is 5.56 Å². The number of rotatable bonds is 8. The number of thioether (sulfide) groups is 1. The number of alkyl halides is 2. The number of carbonyl (C=O) groups excluding carboxylic acids is 1. The largest absolute Gasteiger partial charge is 0.434 e. The van der Waals surface area contributed by atoms with Crippen molar-refractivity contribution in [2.45, 2.75) is 12.4 Å². The number of hydrogen-bond acceptors (Lipinski definition) is 6. The smallest absolute Gasteiger partial charge is 0.387 e. The van der Waals surface area contributed by atoms with Gasteiger partial charge >= 0.3 is 6.61 Å². The highest BCUT2D eigenvalue weighted by Crippen LogP contribution is 2.33. The van der Waals surface area contributed by atoms with E-state index in [2.05, 4.69) is 20.0 Å². The third kappa shape index (κ3) is 5.73. The predicted molar refractivity (Wildman–Crippen MR) is 103 cm³/mol. The lowest BCUT2D eigenvalue weighted by Gasteiger charge is -2.08. The van der Waals surface area contributed by atoms with Gasteiger partial charge in [0, 0.05) is 29.1 Å². The van der Waals surface area contributed by atoms with Crippen LogP contribution in [0.25, 0.3) is 11.3 Å². The van der Waals surface area contributed by atoms with Crippen molar-refractivity contribution in [1.29, 1.82) is 0 Å². The van der Waals surface area contributed by atoms with E-state index >= 15 is 0 Å². The lowest BCUT2D eigenvalue weighted by atomic mass is 10.1. The van der Waals surface area contributed by atoms with Crippen LogP contribution in [0, 0.1) is 0 Å². The number of nitrogens with one attached hydrogen (secondary N) is 1. The van der Waals surface area contributed by atoms with Gasteiger partial charge in [-0.1, -0.05) is 18.2 Å². The lowest BCUT2D eigenvalue weighted by molar-refractivity contribution is -0.113. The molecular weight excluding hydrogens is 392 g/mol. The number of para-hydroxylation sites is 1. The van der Waals surface area contributed by atoms with Crippen molar-refractivity contribution in [2.75, 3.05) is 11.1 Å². The average molecular weight is 407 g/mol. The maximum absolute atomic E-state index is 12.5. The summed E-state index contributed by atoms with van der Waals surface area (Å²) in [5.74, 6) is 0.821. The normalized spacial score (nSPS) is 10.8. The molecule has 27 heavy (non-hydrogen) atoms. The Hall–Kier alpha value is -2.52. The molecule has 0 spiro atoms. The summed E-state index contributed by atoms with van der Waals surface area (Å²) in [5.41, 5.74) is 1.96. The standard InChI is InChI=1S/C18H15F2N3O2S2/c19-17(20)25-15-6-2-1-5-13(15)14-10-27-18(22-14)23-16(24)11-26-9-12-4-3-7-21-8-12/h1-8,10,17H,9,11H2,(H,22,23,24). The van der Waals surface area contributed by atoms with E-state index in [1.54, 1.807) is 36.0 Å². The van der Waals surface area contributed by atoms with Gasteiger partial charge in [-0.05, 0) is 23.8 Å². The molecule has 3 rings (SSSR count). The number of pyridine rings is 1. The molecule has 0 aliphatic rings. The van der Waals surface area contributed by atoms with Gasteiger partial charge in [0.25, 0.3) is 0 Å². The molecule has 140 valence electrons. The number of ether oxygens (including phenoxy) is 1. The topological polar surface area (TPSA) is 64.1 Å². The number of hydrogen-bond donors (Lipinski definition) is 1. The SMILES string of the molecule is O=C(CSCc1cccnc1)Nc1nc(-c2ccccc2OC(F)F)cs1. The van der Waals surface area contributed by atoms with E-state index in [0.29, 0.717) is 22.1 Å². The van der Waals surface area contributed by atoms with E-state index in [0.717, 1.165) is 5.56 Å². The van der Waals surface area contributed by atoms with E-state index in [1.165, 1.54) is 29.2 Å². The third-order valence-corrected chi connectivity index (χ3v) is 5.12. The molecule has 2 aromatic heterocycles. The number of carbonyl (C=O) groups is 1. The molecule has 2 heterocycles. The minimum absolute atomic E-state index is 0.0442. The van der Waals surface area contributed by atoms with E-state index in [4.69, 9.17) is 0 Å². The monoisotopic (exact) mass is 407 g/mol. The van der Waals surface area contributed by atoms with E-state index < -0.39 is 6.61 Å². The molecule has 1 N–H and O–H groups in total. The summed E-state index contributed by atoms with van der Waals surface area (Å²) in [6, 6.07) is 10.2. The van der Waals surface area contributed by atoms with Gasteiger partial charge < -0.3 is 10.1 Å². The summed E-state index contributed by atoms with van der Waals surface area (Å²) in [7, 11) is 0. The van der Waals surface area contributed by atoms with Crippen molar-refractivity contribution in [2.24, 2.45) is 0 Å². The molecule has 5 nitrogen and oxygen atoms in total. The van der Waals surface area contributed by atoms with Gasteiger partial charge in [0.1, 0.15) is 5.75 Å². The van der Waals surface area contributed by atoms with Crippen LogP contribution in [0.4, 0.5) is 13.9 Å². The Labute approximate surface area is 162 Å². The summed E-state index contributed by atoms with van der Waals surface area (Å²) in [4.78, 5) is 20.4. The van der Waals surface area contributed by atoms with Crippen molar-refractivity contribution in [1.82, 2.24) is 9.97 Å². The molecule has 0 aliphatic carbocycles. The van der Waals surface area contributed by atoms with Crippen molar-refractivity contribution in [3.8, 4) is 17.0 Å². The van der Waals surface area contributed by atoms with Crippen molar-refractivity contribution in [3.05, 3.63) is 59.7 Å². The molecule has 3 aromatic rings. The van der Waals surface area contributed by atoms with Crippen LogP contribution < -0.4 is 10.1 Å². The molecule has 1 amide bonds. The second-order valence-electron chi connectivity index (χ2n) is 5.31. The molecule has 0 aliphatic heterocycles. The first-order valence-corrected chi connectivity index (χ1v) is 9.91. The Balaban J connectivity index is 1.57. The van der Waals surface area contributed by atoms with E-state index in [-0.39, 0.29) is 17.4 Å². The molecule has 0 radical (unpaired) electrons. The molecule has 0 saturated carbocycles. The Bertz CT molecular complexity index is 891. The zero-order chi connectivity index (χ0) is 19.1. The van der Waals surface area contributed by atoms with Gasteiger partial charge in [0.2, 0.25) is 5.91 Å². The van der Waals surface area contributed by atoms with Gasteiger partial charge in [-0.15, -0.1) is 23.1 Å². The minimum Gasteiger partial charge on any atom is -0.434 e. The molecular formula is C18H15F2N3O2S2. The highest BCUT2D eigenvalue weighted by Gasteiger charge is 2.14. The first-order valence-electron chi connectivity index (χ1n) is 7.88. The summed E-state index contributed by atoms with van der Waals surface area (Å²) in [6.45, 7) is -2.92. The number of aromatic nitrogens is 2. The van der Waals surface area contributed by atoms with Crippen LogP contribution in [0.2, 0.25) is 0 Å². The molecule has 0 unspecified atom stereocenters. The fourth-order valence-corrected chi connectivity index (χ4v) is 3.73. The Morgan fingerprint density at radius 2 is 2.11 bits per heavy atom. The number of thiazole rings is 1. The van der Waals surface area contributed by atoms with Crippen LogP contribution in [-0.2, 0) is 10.5 Å². The van der Waals surface area contributed by atoms with Crippen LogP contribution in [-0.4, -0.2) is 28.2 Å². The zero-order valence-corrected chi connectivity index (χ0v) is 15.6. The number of benzene rings is 1. The second kappa shape index (κ2) is 9.43. The zero-order valence-electron chi connectivity index (χ0n) is 14.0. The van der Waals surface area contributed by atoms with Gasteiger partial charge in [-0.25, -0.2) is 4.98 Å². The summed E-state index contributed by atoms with van der Waals surface area (Å²) < 4.78 is 29.6. The van der Waals surface area contributed by atoms with Crippen LogP contribution in [0.5, 0.6) is 5.75 Å². The first kappa shape index (κ1) is 19.2. The highest BCUT2D eigenvalue weighted by molar-refractivity contribution is 7.99. The Kier molecular flexibility index (Phi) is 6.72. The average Bonchev–Trinajstić information content (AvgIpc) is 3.11. The van der Waals surface area contributed by atoms with Crippen molar-refractivity contribution < 1.29 is 18.3 Å². The molecule has 0 fully saturated rings. The molecule has 0 saturated heterocycles. The highest BCUT2D eigenvalue weighted by atomic mass is 32.2. The number of nitrogens with zero attached hydrogens (tertiary/aromatic N) is 2. The number of amides is 1. The Morgan fingerprint density at radius 3 is 2.89 bits per heavy atom. The second-order valence-corrected chi connectivity index (χ2v) is 7.16. The van der Waals surface area contributed by atoms with Gasteiger partial charge in [0.15, 0.2) is 5.13 Å². The summed E-state index contributed by atoms with van der Waals surface area (Å²) >= 11 is 2.69. The maximum Gasteiger partial charge on any atom is 0.387 e. The molecule has 0 bridgehead atoms. The van der Waals surface area contributed by atoms with Gasteiger partial charge in [-0.3, -0.25) is 9.78 Å². The van der Waals surface area contributed by atoms with E-state index in [1.807, 2.05) is 12.1 Å². The predicted octanol–water partition coefficient (Wildman–Crippen LogP) is 4.68. The first-order chi connectivity index (χ1) is 13.1.